The third kappa shape index (κ3) is 6.99. The highest BCUT2D eigenvalue weighted by molar-refractivity contribution is 5.68. The molecule has 0 spiro atoms. The maximum Gasteiger partial charge on any atom is 0.408 e. The number of rotatable bonds is 8. The number of hydrogen-bond acceptors (Lipinski definition) is 5. The summed E-state index contributed by atoms with van der Waals surface area (Å²) in [6.45, 7) is 17.2. The molecule has 0 unspecified atom stereocenters. The van der Waals surface area contributed by atoms with E-state index in [4.69, 9.17) is 18.9 Å². The average Bonchev–Trinajstić information content (AvgIpc) is 2.94. The second-order valence-corrected chi connectivity index (χ2v) is 8.47. The zero-order chi connectivity index (χ0) is 21.7. The minimum Gasteiger partial charge on any atom is -0.444 e. The van der Waals surface area contributed by atoms with E-state index >= 15 is 0 Å². The average molecular weight is 404 g/mol. The number of ether oxygens (including phenoxy) is 4. The Hall–Kier alpha value is -2.15. The molecule has 29 heavy (non-hydrogen) atoms. The fourth-order valence-electron chi connectivity index (χ4n) is 3.14. The van der Waals surface area contributed by atoms with Gasteiger partial charge in [0.1, 0.15) is 23.9 Å². The van der Waals surface area contributed by atoms with Crippen molar-refractivity contribution in [1.82, 2.24) is 5.32 Å². The van der Waals surface area contributed by atoms with Crippen molar-refractivity contribution in [2.24, 2.45) is 0 Å². The van der Waals surface area contributed by atoms with Crippen LogP contribution >= 0.6 is 0 Å². The first kappa shape index (κ1) is 23.1. The maximum atomic E-state index is 12.4. The highest BCUT2D eigenvalue weighted by Gasteiger charge is 2.46. The largest absolute Gasteiger partial charge is 0.444 e. The third-order valence-corrected chi connectivity index (χ3v) is 4.30. The van der Waals surface area contributed by atoms with Crippen molar-refractivity contribution in [1.29, 1.82) is 0 Å². The predicted octanol–water partition coefficient (Wildman–Crippen LogP) is 4.36. The number of carbonyl (C=O) groups is 1. The Labute approximate surface area is 173 Å². The van der Waals surface area contributed by atoms with Crippen molar-refractivity contribution >= 4 is 6.09 Å². The number of amides is 1. The SMILES string of the molecule is C=C[C@H](NC(=O)OC(C)(C)C)[C@H](OCc1ccccc1)[C@H]1OC(C)(C)O[C@H]1C=C. The summed E-state index contributed by atoms with van der Waals surface area (Å²) < 4.78 is 23.7. The summed E-state index contributed by atoms with van der Waals surface area (Å²) in [5.74, 6) is -0.796. The molecule has 160 valence electrons. The van der Waals surface area contributed by atoms with Gasteiger partial charge in [-0.15, -0.1) is 13.2 Å². The number of benzene rings is 1. The fourth-order valence-corrected chi connectivity index (χ4v) is 3.14. The Morgan fingerprint density at radius 2 is 1.90 bits per heavy atom. The third-order valence-electron chi connectivity index (χ3n) is 4.30. The summed E-state index contributed by atoms with van der Waals surface area (Å²) >= 11 is 0. The molecule has 1 heterocycles. The summed E-state index contributed by atoms with van der Waals surface area (Å²) in [5.41, 5.74) is 0.389. The van der Waals surface area contributed by atoms with Crippen LogP contribution in [0.5, 0.6) is 0 Å². The second-order valence-electron chi connectivity index (χ2n) is 8.47. The molecule has 1 aromatic carbocycles. The molecule has 6 heteroatoms. The summed E-state index contributed by atoms with van der Waals surface area (Å²) in [6.07, 6.45) is 1.31. The Morgan fingerprint density at radius 3 is 2.45 bits per heavy atom. The minimum atomic E-state index is -0.796. The standard InChI is InChI=1S/C23H33NO5/c1-8-17(24-21(25)29-22(3,4)5)19(26-15-16-13-11-10-12-14-16)20-18(9-2)27-23(6,7)28-20/h8-14,17-20H,1-2,15H2,3-7H3,(H,24,25)/t17-,18-,19-,20-/m0/s1. The molecular weight excluding hydrogens is 370 g/mol. The van der Waals surface area contributed by atoms with E-state index in [2.05, 4.69) is 18.5 Å². The van der Waals surface area contributed by atoms with Crippen molar-refractivity contribution in [3.63, 3.8) is 0 Å². The van der Waals surface area contributed by atoms with Crippen LogP contribution in [0.3, 0.4) is 0 Å². The van der Waals surface area contributed by atoms with Gasteiger partial charge in [-0.3, -0.25) is 0 Å². The van der Waals surface area contributed by atoms with Crippen molar-refractivity contribution < 1.29 is 23.7 Å². The monoisotopic (exact) mass is 403 g/mol. The lowest BCUT2D eigenvalue weighted by atomic mass is 10.0. The van der Waals surface area contributed by atoms with Crippen LogP contribution in [0.15, 0.2) is 55.6 Å². The van der Waals surface area contributed by atoms with Crippen molar-refractivity contribution in [2.75, 3.05) is 0 Å². The zero-order valence-corrected chi connectivity index (χ0v) is 18.0. The van der Waals surface area contributed by atoms with Gasteiger partial charge in [0.25, 0.3) is 0 Å². The van der Waals surface area contributed by atoms with E-state index in [1.807, 2.05) is 65.0 Å². The summed E-state index contributed by atoms with van der Waals surface area (Å²) in [5, 5.41) is 2.83. The van der Waals surface area contributed by atoms with Gasteiger partial charge in [0.15, 0.2) is 5.79 Å². The van der Waals surface area contributed by atoms with Gasteiger partial charge in [-0.2, -0.15) is 0 Å². The van der Waals surface area contributed by atoms with Crippen LogP contribution in [0, 0.1) is 0 Å². The quantitative estimate of drug-likeness (QED) is 0.654. The summed E-state index contributed by atoms with van der Waals surface area (Å²) in [6, 6.07) is 9.23. The van der Waals surface area contributed by atoms with Crippen LogP contribution in [0.2, 0.25) is 0 Å². The first-order valence-corrected chi connectivity index (χ1v) is 9.80. The van der Waals surface area contributed by atoms with E-state index < -0.39 is 41.8 Å². The predicted molar refractivity (Wildman–Crippen MR) is 112 cm³/mol. The van der Waals surface area contributed by atoms with E-state index in [0.717, 1.165) is 5.56 Å². The molecule has 2 rings (SSSR count). The van der Waals surface area contributed by atoms with E-state index in [9.17, 15) is 4.79 Å². The molecule has 1 fully saturated rings. The molecule has 0 bridgehead atoms. The lowest BCUT2D eigenvalue weighted by molar-refractivity contribution is -0.161. The smallest absolute Gasteiger partial charge is 0.408 e. The van der Waals surface area contributed by atoms with Gasteiger partial charge in [0.05, 0.1) is 12.6 Å². The highest BCUT2D eigenvalue weighted by atomic mass is 16.8. The number of hydrogen-bond donors (Lipinski definition) is 1. The van der Waals surface area contributed by atoms with E-state index in [1.165, 1.54) is 0 Å². The first-order valence-electron chi connectivity index (χ1n) is 9.80. The van der Waals surface area contributed by atoms with Crippen LogP contribution in [0.4, 0.5) is 4.79 Å². The molecule has 0 aliphatic carbocycles. The van der Waals surface area contributed by atoms with Gasteiger partial charge in [0, 0.05) is 0 Å². The lowest BCUT2D eigenvalue weighted by Crippen LogP contribution is -2.52. The molecule has 6 nitrogen and oxygen atoms in total. The molecule has 1 aliphatic rings. The van der Waals surface area contributed by atoms with Crippen molar-refractivity contribution in [3.05, 3.63) is 61.2 Å². The van der Waals surface area contributed by atoms with Gasteiger partial charge in [-0.25, -0.2) is 4.79 Å². The molecule has 1 N–H and O–H groups in total. The van der Waals surface area contributed by atoms with E-state index in [1.54, 1.807) is 12.2 Å². The van der Waals surface area contributed by atoms with Crippen LogP contribution in [-0.4, -0.2) is 41.8 Å². The Balaban J connectivity index is 2.23. The molecular formula is C23H33NO5. The topological polar surface area (TPSA) is 66.0 Å². The van der Waals surface area contributed by atoms with Gasteiger partial charge >= 0.3 is 6.09 Å². The number of nitrogens with one attached hydrogen (secondary N) is 1. The minimum absolute atomic E-state index is 0.343. The van der Waals surface area contributed by atoms with Crippen LogP contribution in [-0.2, 0) is 25.6 Å². The summed E-state index contributed by atoms with van der Waals surface area (Å²) in [4.78, 5) is 12.4. The van der Waals surface area contributed by atoms with Crippen LogP contribution in [0.1, 0.15) is 40.2 Å². The van der Waals surface area contributed by atoms with E-state index in [0.29, 0.717) is 6.61 Å². The Bertz CT molecular complexity index is 695. The Morgan fingerprint density at radius 1 is 1.24 bits per heavy atom. The molecule has 1 saturated heterocycles. The van der Waals surface area contributed by atoms with Gasteiger partial charge < -0.3 is 24.3 Å². The number of alkyl carbamates (subject to hydrolysis) is 1. The second kappa shape index (κ2) is 9.57. The zero-order valence-electron chi connectivity index (χ0n) is 18.0. The molecule has 0 radical (unpaired) electrons. The van der Waals surface area contributed by atoms with Crippen LogP contribution < -0.4 is 5.32 Å². The fraction of sp³-hybridized carbons (Fsp3) is 0.522. The summed E-state index contributed by atoms with van der Waals surface area (Å²) in [7, 11) is 0. The first-order chi connectivity index (χ1) is 13.5. The van der Waals surface area contributed by atoms with Crippen molar-refractivity contribution in [2.45, 2.75) is 77.0 Å². The van der Waals surface area contributed by atoms with Crippen LogP contribution in [0.25, 0.3) is 0 Å². The molecule has 0 aromatic heterocycles. The van der Waals surface area contributed by atoms with Crippen molar-refractivity contribution in [3.8, 4) is 0 Å². The molecule has 1 amide bonds. The highest BCUT2D eigenvalue weighted by Crippen LogP contribution is 2.33. The van der Waals surface area contributed by atoms with Gasteiger partial charge in [-0.05, 0) is 40.2 Å². The maximum absolute atomic E-state index is 12.4. The Kier molecular flexibility index (Phi) is 7.63. The van der Waals surface area contributed by atoms with E-state index in [-0.39, 0.29) is 0 Å². The normalized spacial score (nSPS) is 23.1. The lowest BCUT2D eigenvalue weighted by Gasteiger charge is -2.32. The van der Waals surface area contributed by atoms with Gasteiger partial charge in [0.2, 0.25) is 0 Å². The molecule has 4 atom stereocenters. The molecule has 1 aromatic rings. The van der Waals surface area contributed by atoms with Gasteiger partial charge in [-0.1, -0.05) is 42.5 Å². The molecule has 1 aliphatic heterocycles. The number of carbonyl (C=O) groups excluding carboxylic acids is 1. The molecule has 0 saturated carbocycles.